The molecular formula is C16H23NO3. The van der Waals surface area contributed by atoms with E-state index in [9.17, 15) is 0 Å². The summed E-state index contributed by atoms with van der Waals surface area (Å²) in [5.74, 6) is 2.31. The Morgan fingerprint density at radius 2 is 1.95 bits per heavy atom. The number of para-hydroxylation sites is 2. The van der Waals surface area contributed by atoms with Crippen LogP contribution in [0.15, 0.2) is 24.3 Å². The van der Waals surface area contributed by atoms with Gasteiger partial charge in [0.2, 0.25) is 0 Å². The monoisotopic (exact) mass is 277 g/mol. The molecule has 110 valence electrons. The van der Waals surface area contributed by atoms with E-state index >= 15 is 0 Å². The normalized spacial score (nSPS) is 24.4. The Balaban J connectivity index is 1.72. The molecule has 20 heavy (non-hydrogen) atoms. The molecule has 0 amide bonds. The molecule has 4 heteroatoms. The molecule has 0 aliphatic carbocycles. The van der Waals surface area contributed by atoms with E-state index in [4.69, 9.17) is 14.2 Å². The van der Waals surface area contributed by atoms with E-state index in [2.05, 4.69) is 12.2 Å². The molecule has 0 spiro atoms. The molecule has 0 bridgehead atoms. The van der Waals surface area contributed by atoms with Crippen LogP contribution in [0, 0.1) is 5.92 Å². The maximum Gasteiger partial charge on any atom is 0.161 e. The van der Waals surface area contributed by atoms with Crippen LogP contribution in [0.4, 0.5) is 0 Å². The number of hydrogen-bond donors (Lipinski definition) is 1. The third-order valence-electron chi connectivity index (χ3n) is 4.14. The molecular weight excluding hydrogens is 254 g/mol. The minimum atomic E-state index is 0.0768. The van der Waals surface area contributed by atoms with E-state index in [1.807, 2.05) is 24.3 Å². The summed E-state index contributed by atoms with van der Waals surface area (Å²) in [5, 5.41) is 3.59. The van der Waals surface area contributed by atoms with Gasteiger partial charge in [-0.2, -0.15) is 0 Å². The largest absolute Gasteiger partial charge is 0.486 e. The van der Waals surface area contributed by atoms with E-state index < -0.39 is 0 Å². The number of rotatable bonds is 4. The number of nitrogens with one attached hydrogen (secondary N) is 1. The lowest BCUT2D eigenvalue weighted by molar-refractivity contribution is 0.00424. The fraction of sp³-hybridized carbons (Fsp3) is 0.625. The van der Waals surface area contributed by atoms with Crippen molar-refractivity contribution in [2.75, 3.05) is 26.4 Å². The maximum atomic E-state index is 6.17. The number of ether oxygens (including phenoxy) is 3. The van der Waals surface area contributed by atoms with Gasteiger partial charge in [-0.3, -0.25) is 0 Å². The zero-order valence-electron chi connectivity index (χ0n) is 12.0. The van der Waals surface area contributed by atoms with E-state index in [0.29, 0.717) is 18.6 Å². The summed E-state index contributed by atoms with van der Waals surface area (Å²) in [6, 6.07) is 8.23. The van der Waals surface area contributed by atoms with Crippen LogP contribution in [-0.4, -0.2) is 38.5 Å². The van der Waals surface area contributed by atoms with E-state index in [1.165, 1.54) is 0 Å². The molecule has 1 aromatic carbocycles. The van der Waals surface area contributed by atoms with Crippen molar-refractivity contribution in [3.63, 3.8) is 0 Å². The third-order valence-corrected chi connectivity index (χ3v) is 4.14. The number of benzene rings is 1. The van der Waals surface area contributed by atoms with Crippen molar-refractivity contribution in [1.29, 1.82) is 0 Å². The first-order valence-electron chi connectivity index (χ1n) is 7.58. The van der Waals surface area contributed by atoms with Gasteiger partial charge in [0.05, 0.1) is 6.04 Å². The Labute approximate surface area is 120 Å². The van der Waals surface area contributed by atoms with Gasteiger partial charge in [-0.1, -0.05) is 19.1 Å². The highest BCUT2D eigenvalue weighted by Crippen LogP contribution is 2.33. The zero-order chi connectivity index (χ0) is 13.8. The average molecular weight is 277 g/mol. The first kappa shape index (κ1) is 13.7. The topological polar surface area (TPSA) is 39.7 Å². The van der Waals surface area contributed by atoms with Crippen molar-refractivity contribution in [3.05, 3.63) is 24.3 Å². The van der Waals surface area contributed by atoms with Crippen LogP contribution in [0.5, 0.6) is 11.5 Å². The second-order valence-electron chi connectivity index (χ2n) is 5.45. The molecule has 1 N–H and O–H groups in total. The first-order chi connectivity index (χ1) is 9.88. The molecule has 1 saturated heterocycles. The van der Waals surface area contributed by atoms with Gasteiger partial charge in [0, 0.05) is 13.2 Å². The molecule has 0 radical (unpaired) electrons. The zero-order valence-corrected chi connectivity index (χ0v) is 12.0. The highest BCUT2D eigenvalue weighted by molar-refractivity contribution is 5.40. The van der Waals surface area contributed by atoms with E-state index in [-0.39, 0.29) is 6.10 Å². The molecule has 1 aromatic rings. The summed E-state index contributed by atoms with van der Waals surface area (Å²) >= 11 is 0. The smallest absolute Gasteiger partial charge is 0.161 e. The Morgan fingerprint density at radius 1 is 1.20 bits per heavy atom. The SMILES string of the molecule is CCNC(C1CCOCC1)C1COc2ccccc2O1. The van der Waals surface area contributed by atoms with Gasteiger partial charge in [0.25, 0.3) is 0 Å². The predicted molar refractivity (Wildman–Crippen MR) is 77.4 cm³/mol. The van der Waals surface area contributed by atoms with Gasteiger partial charge < -0.3 is 19.5 Å². The van der Waals surface area contributed by atoms with Gasteiger partial charge in [0.15, 0.2) is 11.5 Å². The van der Waals surface area contributed by atoms with Crippen LogP contribution in [0.2, 0.25) is 0 Å². The average Bonchev–Trinajstić information content (AvgIpc) is 2.53. The van der Waals surface area contributed by atoms with Crippen LogP contribution < -0.4 is 14.8 Å². The van der Waals surface area contributed by atoms with Crippen molar-refractivity contribution >= 4 is 0 Å². The molecule has 0 aromatic heterocycles. The Morgan fingerprint density at radius 3 is 2.70 bits per heavy atom. The summed E-state index contributed by atoms with van der Waals surface area (Å²) in [6.07, 6.45) is 2.27. The standard InChI is InChI=1S/C16H23NO3/c1-2-17-16(12-7-9-18-10-8-12)15-11-19-13-5-3-4-6-14(13)20-15/h3-6,12,15-17H,2,7-11H2,1H3. The van der Waals surface area contributed by atoms with Gasteiger partial charge in [0.1, 0.15) is 12.7 Å². The fourth-order valence-electron chi connectivity index (χ4n) is 3.13. The summed E-state index contributed by atoms with van der Waals surface area (Å²) in [6.45, 7) is 5.42. The van der Waals surface area contributed by atoms with Crippen LogP contribution >= 0.6 is 0 Å². The lowest BCUT2D eigenvalue weighted by atomic mass is 9.88. The molecule has 2 aliphatic heterocycles. The van der Waals surface area contributed by atoms with Crippen LogP contribution in [0.25, 0.3) is 0 Å². The minimum absolute atomic E-state index is 0.0768. The maximum absolute atomic E-state index is 6.17. The van der Waals surface area contributed by atoms with E-state index in [0.717, 1.165) is 44.1 Å². The van der Waals surface area contributed by atoms with Crippen molar-refractivity contribution in [3.8, 4) is 11.5 Å². The fourth-order valence-corrected chi connectivity index (χ4v) is 3.13. The quantitative estimate of drug-likeness (QED) is 0.916. The second-order valence-corrected chi connectivity index (χ2v) is 5.45. The lowest BCUT2D eigenvalue weighted by Crippen LogP contribution is -2.52. The summed E-state index contributed by atoms with van der Waals surface area (Å²) < 4.78 is 17.5. The Kier molecular flexibility index (Phi) is 4.43. The van der Waals surface area contributed by atoms with Crippen LogP contribution in [0.3, 0.4) is 0 Å². The van der Waals surface area contributed by atoms with Crippen LogP contribution in [0.1, 0.15) is 19.8 Å². The molecule has 2 unspecified atom stereocenters. The van der Waals surface area contributed by atoms with Gasteiger partial charge >= 0.3 is 0 Å². The van der Waals surface area contributed by atoms with Crippen molar-refractivity contribution in [2.45, 2.75) is 31.9 Å². The highest BCUT2D eigenvalue weighted by Gasteiger charge is 2.34. The second kappa shape index (κ2) is 6.46. The molecule has 2 heterocycles. The van der Waals surface area contributed by atoms with Crippen molar-refractivity contribution in [2.24, 2.45) is 5.92 Å². The molecule has 1 fully saturated rings. The lowest BCUT2D eigenvalue weighted by Gasteiger charge is -2.38. The first-order valence-corrected chi connectivity index (χ1v) is 7.58. The number of hydrogen-bond acceptors (Lipinski definition) is 4. The Bertz CT molecular complexity index is 431. The molecule has 0 saturated carbocycles. The number of fused-ring (bicyclic) bond motifs is 1. The van der Waals surface area contributed by atoms with Gasteiger partial charge in [-0.05, 0) is 37.4 Å². The predicted octanol–water partition coefficient (Wildman–Crippen LogP) is 2.23. The van der Waals surface area contributed by atoms with Crippen molar-refractivity contribution < 1.29 is 14.2 Å². The van der Waals surface area contributed by atoms with Gasteiger partial charge in [-0.25, -0.2) is 0 Å². The Hall–Kier alpha value is -1.26. The highest BCUT2D eigenvalue weighted by atomic mass is 16.6. The van der Waals surface area contributed by atoms with Crippen LogP contribution in [-0.2, 0) is 4.74 Å². The summed E-state index contributed by atoms with van der Waals surface area (Å²) in [5.41, 5.74) is 0. The number of likely N-dealkylation sites (N-methyl/N-ethyl adjacent to an activating group) is 1. The van der Waals surface area contributed by atoms with Gasteiger partial charge in [-0.15, -0.1) is 0 Å². The summed E-state index contributed by atoms with van der Waals surface area (Å²) in [7, 11) is 0. The van der Waals surface area contributed by atoms with E-state index in [1.54, 1.807) is 0 Å². The van der Waals surface area contributed by atoms with Crippen molar-refractivity contribution in [1.82, 2.24) is 5.32 Å². The summed E-state index contributed by atoms with van der Waals surface area (Å²) in [4.78, 5) is 0. The molecule has 2 aliphatic rings. The third kappa shape index (κ3) is 2.91. The molecule has 4 nitrogen and oxygen atoms in total. The minimum Gasteiger partial charge on any atom is -0.486 e. The molecule has 2 atom stereocenters. The molecule has 3 rings (SSSR count).